The van der Waals surface area contributed by atoms with Gasteiger partial charge in [-0.15, -0.1) is 0 Å². The summed E-state index contributed by atoms with van der Waals surface area (Å²) >= 11 is 0. The normalized spacial score (nSPS) is 24.9. The lowest BCUT2D eigenvalue weighted by molar-refractivity contribution is 0.0695. The molecule has 0 spiro atoms. The fraction of sp³-hybridized carbons (Fsp3) is 0.417. The monoisotopic (exact) mass is 508 g/mol. The zero-order valence-corrected chi connectivity index (χ0v) is 21.2. The van der Waals surface area contributed by atoms with Crippen molar-refractivity contribution in [2.75, 3.05) is 5.75 Å². The molecule has 2 heterocycles. The standard InChI is InChI=1S/C24H25FO7S2/c1-12-14(7-9-16-18(12)22(3,4)11-33(16,29)30)20(26)24(25)23(5,6)19-13(2)15(21(27)28)8-10-17(19)34(24,31)32/h7-10H,11H2,1-6H3,(H,27,28). The number of alkyl halides is 1. The molecule has 2 aliphatic heterocycles. The lowest BCUT2D eigenvalue weighted by atomic mass is 9.73. The van der Waals surface area contributed by atoms with Crippen molar-refractivity contribution in [3.8, 4) is 0 Å². The summed E-state index contributed by atoms with van der Waals surface area (Å²) in [7, 11) is -8.47. The van der Waals surface area contributed by atoms with Crippen molar-refractivity contribution in [2.45, 2.75) is 67.2 Å². The number of carboxylic acid groups (broad SMARTS) is 1. The Balaban J connectivity index is 2.00. The van der Waals surface area contributed by atoms with Crippen molar-refractivity contribution in [3.63, 3.8) is 0 Å². The summed E-state index contributed by atoms with van der Waals surface area (Å²) in [6, 6.07) is 4.52. The number of halogens is 1. The predicted molar refractivity (Wildman–Crippen MR) is 123 cm³/mol. The fourth-order valence-electron chi connectivity index (χ4n) is 5.80. The van der Waals surface area contributed by atoms with Crippen LogP contribution in [0.5, 0.6) is 0 Å². The first-order valence-corrected chi connectivity index (χ1v) is 13.7. The summed E-state index contributed by atoms with van der Waals surface area (Å²) in [4.78, 5) is 25.0. The molecule has 0 saturated carbocycles. The number of rotatable bonds is 3. The number of sulfone groups is 2. The molecule has 2 aromatic rings. The van der Waals surface area contributed by atoms with Crippen LogP contribution in [0.3, 0.4) is 0 Å². The summed E-state index contributed by atoms with van der Waals surface area (Å²) in [5, 5.41) is 6.05. The maximum atomic E-state index is 16.9. The van der Waals surface area contributed by atoms with Crippen molar-refractivity contribution < 1.29 is 35.9 Å². The average Bonchev–Trinajstić information content (AvgIpc) is 2.96. The predicted octanol–water partition coefficient (Wildman–Crippen LogP) is 3.68. The fourth-order valence-corrected chi connectivity index (χ4v) is 10.4. The van der Waals surface area contributed by atoms with Crippen molar-refractivity contribution in [1.82, 2.24) is 0 Å². The minimum absolute atomic E-state index is 0.0510. The maximum absolute atomic E-state index is 16.9. The van der Waals surface area contributed by atoms with Crippen LogP contribution in [0.1, 0.15) is 70.7 Å². The lowest BCUT2D eigenvalue weighted by Crippen LogP contribution is -2.51. The van der Waals surface area contributed by atoms with E-state index in [0.717, 1.165) is 12.1 Å². The molecule has 2 aromatic carbocycles. The van der Waals surface area contributed by atoms with Gasteiger partial charge in [0.1, 0.15) is 0 Å². The second kappa shape index (κ2) is 6.75. The first-order valence-electron chi connectivity index (χ1n) is 10.6. The highest BCUT2D eigenvalue weighted by atomic mass is 32.2. The SMILES string of the molecule is Cc1c(C(=O)C2(F)C(C)(C)c3c(ccc(C(=O)O)c3C)S2(=O)=O)ccc2c1C(C)(C)CS2(=O)=O. The molecule has 1 unspecified atom stereocenters. The van der Waals surface area contributed by atoms with Gasteiger partial charge in [0.2, 0.25) is 15.6 Å². The van der Waals surface area contributed by atoms with Gasteiger partial charge >= 0.3 is 5.97 Å². The molecule has 1 atom stereocenters. The molecule has 0 bridgehead atoms. The van der Waals surface area contributed by atoms with Crippen molar-refractivity contribution in [3.05, 3.63) is 57.6 Å². The number of aromatic carboxylic acids is 1. The Morgan fingerprint density at radius 1 is 0.853 bits per heavy atom. The van der Waals surface area contributed by atoms with Gasteiger partial charge in [-0.05, 0) is 60.4 Å². The number of benzene rings is 2. The molecule has 0 aliphatic carbocycles. The van der Waals surface area contributed by atoms with Gasteiger partial charge in [0.15, 0.2) is 9.84 Å². The Morgan fingerprint density at radius 3 is 1.91 bits per heavy atom. The first-order chi connectivity index (χ1) is 15.3. The molecule has 7 nitrogen and oxygen atoms in total. The van der Waals surface area contributed by atoms with E-state index < -0.39 is 52.2 Å². The molecular weight excluding hydrogens is 483 g/mol. The van der Waals surface area contributed by atoms with E-state index in [1.165, 1.54) is 39.8 Å². The topological polar surface area (TPSA) is 123 Å². The Hall–Kier alpha value is -2.59. The molecule has 0 amide bonds. The van der Waals surface area contributed by atoms with Gasteiger partial charge in [0.25, 0.3) is 5.00 Å². The van der Waals surface area contributed by atoms with Crippen molar-refractivity contribution >= 4 is 31.4 Å². The second-order valence-corrected chi connectivity index (χ2v) is 14.2. The van der Waals surface area contributed by atoms with Gasteiger partial charge in [0, 0.05) is 16.4 Å². The summed E-state index contributed by atoms with van der Waals surface area (Å²) in [6.45, 7) is 8.82. The highest BCUT2D eigenvalue weighted by Crippen LogP contribution is 2.56. The molecule has 0 saturated heterocycles. The number of Topliss-reactive ketones (excluding diaryl/α,β-unsaturated/α-hetero) is 1. The zero-order chi connectivity index (χ0) is 25.8. The van der Waals surface area contributed by atoms with Gasteiger partial charge in [-0.1, -0.05) is 27.7 Å². The molecule has 0 radical (unpaired) electrons. The zero-order valence-electron chi connectivity index (χ0n) is 19.6. The molecule has 2 aliphatic rings. The van der Waals surface area contributed by atoms with Gasteiger partial charge in [-0.3, -0.25) is 4.79 Å². The second-order valence-electron chi connectivity index (χ2n) is 10.2. The maximum Gasteiger partial charge on any atom is 0.335 e. The van der Waals surface area contributed by atoms with Crippen LogP contribution in [0.25, 0.3) is 0 Å². The third kappa shape index (κ3) is 2.72. The van der Waals surface area contributed by atoms with E-state index in [9.17, 15) is 31.5 Å². The third-order valence-corrected chi connectivity index (χ3v) is 11.7. The number of fused-ring (bicyclic) bond motifs is 2. The summed E-state index contributed by atoms with van der Waals surface area (Å²) in [5.74, 6) is -2.78. The molecule has 0 fully saturated rings. The van der Waals surface area contributed by atoms with Crippen LogP contribution in [0, 0.1) is 13.8 Å². The molecule has 182 valence electrons. The average molecular weight is 509 g/mol. The number of carboxylic acids is 1. The van der Waals surface area contributed by atoms with E-state index in [1.807, 2.05) is 0 Å². The van der Waals surface area contributed by atoms with Gasteiger partial charge in [0.05, 0.1) is 21.1 Å². The quantitative estimate of drug-likeness (QED) is 0.628. The van der Waals surface area contributed by atoms with Gasteiger partial charge < -0.3 is 5.11 Å². The van der Waals surface area contributed by atoms with Crippen LogP contribution in [-0.4, -0.2) is 44.4 Å². The van der Waals surface area contributed by atoms with Crippen LogP contribution in [0.4, 0.5) is 4.39 Å². The number of hydrogen-bond acceptors (Lipinski definition) is 6. The molecule has 4 rings (SSSR count). The molecular formula is C24H25FO7S2. The van der Waals surface area contributed by atoms with Crippen LogP contribution < -0.4 is 0 Å². The third-order valence-electron chi connectivity index (χ3n) is 7.27. The van der Waals surface area contributed by atoms with Gasteiger partial charge in [-0.25, -0.2) is 26.0 Å². The molecule has 1 N–H and O–H groups in total. The smallest absolute Gasteiger partial charge is 0.335 e. The molecule has 0 aromatic heterocycles. The number of ketones is 1. The van der Waals surface area contributed by atoms with Crippen molar-refractivity contribution in [2.24, 2.45) is 0 Å². The number of carbonyl (C=O) groups is 2. The Bertz CT molecular complexity index is 1530. The van der Waals surface area contributed by atoms with Crippen LogP contribution in [0.15, 0.2) is 34.1 Å². The van der Waals surface area contributed by atoms with E-state index in [0.29, 0.717) is 5.56 Å². The van der Waals surface area contributed by atoms with E-state index >= 15 is 4.39 Å². The van der Waals surface area contributed by atoms with E-state index in [4.69, 9.17) is 0 Å². The largest absolute Gasteiger partial charge is 0.478 e. The minimum atomic E-state index is -4.88. The van der Waals surface area contributed by atoms with E-state index in [1.54, 1.807) is 13.8 Å². The molecule has 34 heavy (non-hydrogen) atoms. The summed E-state index contributed by atoms with van der Waals surface area (Å²) < 4.78 is 69.1. The first kappa shape index (κ1) is 24.5. The highest BCUT2D eigenvalue weighted by molar-refractivity contribution is 7.94. The number of carbonyl (C=O) groups excluding carboxylic acids is 1. The molecule has 10 heteroatoms. The highest BCUT2D eigenvalue weighted by Gasteiger charge is 2.69. The lowest BCUT2D eigenvalue weighted by Gasteiger charge is -2.33. The van der Waals surface area contributed by atoms with E-state index in [2.05, 4.69) is 0 Å². The summed E-state index contributed by atoms with van der Waals surface area (Å²) in [5.41, 5.74) is -2.55. The van der Waals surface area contributed by atoms with Crippen molar-refractivity contribution in [1.29, 1.82) is 0 Å². The van der Waals surface area contributed by atoms with Crippen LogP contribution in [-0.2, 0) is 30.5 Å². The number of hydrogen-bond donors (Lipinski definition) is 1. The van der Waals surface area contributed by atoms with Gasteiger partial charge in [-0.2, -0.15) is 0 Å². The Kier molecular flexibility index (Phi) is 4.87. The summed E-state index contributed by atoms with van der Waals surface area (Å²) in [6.07, 6.45) is 0. The Labute approximate surface area is 197 Å². The minimum Gasteiger partial charge on any atom is -0.478 e. The van der Waals surface area contributed by atoms with E-state index in [-0.39, 0.29) is 38.5 Å². The van der Waals surface area contributed by atoms with Crippen LogP contribution >= 0.6 is 0 Å². The Morgan fingerprint density at radius 2 is 1.35 bits per heavy atom. The van der Waals surface area contributed by atoms with Crippen LogP contribution in [0.2, 0.25) is 0 Å².